The fourth-order valence-electron chi connectivity index (χ4n) is 6.23. The van der Waals surface area contributed by atoms with Gasteiger partial charge in [0.15, 0.2) is 5.96 Å². The average molecular weight is 512 g/mol. The second-order valence-electron chi connectivity index (χ2n) is 8.82. The molecule has 3 unspecified atom stereocenters. The van der Waals surface area contributed by atoms with Gasteiger partial charge in [0.25, 0.3) is 0 Å². The van der Waals surface area contributed by atoms with Gasteiger partial charge in [-0.2, -0.15) is 0 Å². The zero-order chi connectivity index (χ0) is 19.1. The average Bonchev–Trinajstić information content (AvgIpc) is 3.38. The Morgan fingerprint density at radius 3 is 2.59 bits per heavy atom. The van der Waals surface area contributed by atoms with E-state index in [4.69, 9.17) is 4.74 Å². The van der Waals surface area contributed by atoms with Crippen molar-refractivity contribution in [2.75, 3.05) is 44.7 Å². The van der Waals surface area contributed by atoms with Crippen molar-refractivity contribution in [3.8, 4) is 5.75 Å². The standard InChI is InChI=1S/C22H32N4O2.HI/c1-23-21(24-19-16-8-15-28-20(16)22(19)9-4-5-10-22)26-13-11-25(12-14-26)17-6-2-3-7-18(17)27;/h2-3,6-7,16,19-20,27H,4-5,8-15H2,1H3,(H,23,24);1H. The summed E-state index contributed by atoms with van der Waals surface area (Å²) in [5, 5.41) is 14.0. The lowest BCUT2D eigenvalue weighted by atomic mass is 9.54. The summed E-state index contributed by atoms with van der Waals surface area (Å²) in [5.74, 6) is 2.05. The van der Waals surface area contributed by atoms with Gasteiger partial charge in [-0.3, -0.25) is 4.99 Å². The molecule has 1 spiro atoms. The monoisotopic (exact) mass is 512 g/mol. The zero-order valence-corrected chi connectivity index (χ0v) is 19.5. The highest BCUT2D eigenvalue weighted by Crippen LogP contribution is 2.60. The summed E-state index contributed by atoms with van der Waals surface area (Å²) in [7, 11) is 1.90. The molecule has 0 aromatic heterocycles. The molecule has 1 aromatic rings. The predicted molar refractivity (Wildman–Crippen MR) is 126 cm³/mol. The number of piperazine rings is 1. The minimum Gasteiger partial charge on any atom is -0.506 e. The Morgan fingerprint density at radius 2 is 1.90 bits per heavy atom. The molecule has 0 amide bonds. The number of aliphatic imine (C=N–C) groups is 1. The lowest BCUT2D eigenvalue weighted by Crippen LogP contribution is -2.70. The summed E-state index contributed by atoms with van der Waals surface area (Å²) in [4.78, 5) is 9.28. The van der Waals surface area contributed by atoms with Gasteiger partial charge in [0.2, 0.25) is 0 Å². The van der Waals surface area contributed by atoms with Gasteiger partial charge < -0.3 is 25.0 Å². The van der Waals surface area contributed by atoms with Gasteiger partial charge in [-0.15, -0.1) is 24.0 Å². The van der Waals surface area contributed by atoms with E-state index in [9.17, 15) is 5.11 Å². The molecule has 2 saturated carbocycles. The summed E-state index contributed by atoms with van der Waals surface area (Å²) in [6.07, 6.45) is 6.92. The van der Waals surface area contributed by atoms with E-state index in [-0.39, 0.29) is 24.0 Å². The van der Waals surface area contributed by atoms with Crippen LogP contribution in [-0.2, 0) is 4.74 Å². The Balaban J connectivity index is 0.00000205. The third-order valence-electron chi connectivity index (χ3n) is 7.58. The van der Waals surface area contributed by atoms with E-state index in [1.807, 2.05) is 25.2 Å². The molecule has 29 heavy (non-hydrogen) atoms. The molecular formula is C22H33IN4O2. The molecular weight excluding hydrogens is 479 g/mol. The number of para-hydroxylation sites is 2. The second kappa shape index (κ2) is 8.49. The van der Waals surface area contributed by atoms with Crippen molar-refractivity contribution in [2.45, 2.75) is 44.2 Å². The minimum absolute atomic E-state index is 0. The largest absolute Gasteiger partial charge is 0.506 e. The summed E-state index contributed by atoms with van der Waals surface area (Å²) in [5.41, 5.74) is 1.27. The van der Waals surface area contributed by atoms with Crippen LogP contribution < -0.4 is 10.2 Å². The van der Waals surface area contributed by atoms with Crippen LogP contribution in [0.3, 0.4) is 0 Å². The number of hydrogen-bond acceptors (Lipinski definition) is 4. The molecule has 7 heteroatoms. The van der Waals surface area contributed by atoms with Crippen molar-refractivity contribution in [2.24, 2.45) is 16.3 Å². The number of guanidine groups is 1. The third kappa shape index (κ3) is 3.48. The molecule has 0 bridgehead atoms. The van der Waals surface area contributed by atoms with Gasteiger partial charge in [0.1, 0.15) is 5.75 Å². The normalized spacial score (nSPS) is 30.7. The fourth-order valence-corrected chi connectivity index (χ4v) is 6.23. The zero-order valence-electron chi connectivity index (χ0n) is 17.2. The van der Waals surface area contributed by atoms with Crippen molar-refractivity contribution >= 4 is 35.6 Å². The van der Waals surface area contributed by atoms with Crippen LogP contribution in [0.2, 0.25) is 0 Å². The predicted octanol–water partition coefficient (Wildman–Crippen LogP) is 3.06. The van der Waals surface area contributed by atoms with Crippen LogP contribution in [-0.4, -0.2) is 67.9 Å². The maximum Gasteiger partial charge on any atom is 0.194 e. The van der Waals surface area contributed by atoms with Crippen LogP contribution in [0.15, 0.2) is 29.3 Å². The molecule has 2 saturated heterocycles. The lowest BCUT2D eigenvalue weighted by Gasteiger charge is -2.57. The molecule has 160 valence electrons. The van der Waals surface area contributed by atoms with Crippen molar-refractivity contribution in [3.05, 3.63) is 24.3 Å². The van der Waals surface area contributed by atoms with E-state index in [1.165, 1.54) is 32.1 Å². The number of nitrogens with one attached hydrogen (secondary N) is 1. The Hall–Kier alpha value is -1.22. The van der Waals surface area contributed by atoms with E-state index in [0.29, 0.717) is 29.2 Å². The number of fused-ring (bicyclic) bond motifs is 2. The van der Waals surface area contributed by atoms with Gasteiger partial charge in [0.05, 0.1) is 11.8 Å². The van der Waals surface area contributed by atoms with Crippen LogP contribution in [0.4, 0.5) is 5.69 Å². The van der Waals surface area contributed by atoms with E-state index < -0.39 is 0 Å². The first kappa shape index (κ1) is 21.0. The number of rotatable bonds is 2. The highest BCUT2D eigenvalue weighted by molar-refractivity contribution is 14.0. The molecule has 2 aliphatic carbocycles. The highest BCUT2D eigenvalue weighted by Gasteiger charge is 2.65. The number of nitrogens with zero attached hydrogens (tertiary/aromatic N) is 3. The first-order chi connectivity index (χ1) is 13.7. The number of halogens is 1. The van der Waals surface area contributed by atoms with Crippen LogP contribution in [0.25, 0.3) is 0 Å². The summed E-state index contributed by atoms with van der Waals surface area (Å²) in [6.45, 7) is 4.54. The maximum absolute atomic E-state index is 10.1. The smallest absolute Gasteiger partial charge is 0.194 e. The van der Waals surface area contributed by atoms with E-state index in [2.05, 4.69) is 20.1 Å². The van der Waals surface area contributed by atoms with Gasteiger partial charge >= 0.3 is 0 Å². The number of aromatic hydroxyl groups is 1. The van der Waals surface area contributed by atoms with Crippen molar-refractivity contribution in [1.29, 1.82) is 0 Å². The van der Waals surface area contributed by atoms with Gasteiger partial charge in [-0.25, -0.2) is 0 Å². The lowest BCUT2D eigenvalue weighted by molar-refractivity contribution is -0.125. The minimum atomic E-state index is 0. The molecule has 4 aliphatic rings. The SMILES string of the molecule is CN=C(NC1C2CCOC2C12CCCC2)N1CCN(c2ccccc2O)CC1.I. The number of phenolic OH excluding ortho intramolecular Hbond substituents is 1. The van der Waals surface area contributed by atoms with Crippen molar-refractivity contribution < 1.29 is 9.84 Å². The molecule has 3 atom stereocenters. The number of anilines is 1. The molecule has 6 nitrogen and oxygen atoms in total. The molecule has 2 N–H and O–H groups in total. The Labute approximate surface area is 190 Å². The molecule has 1 aromatic carbocycles. The summed E-state index contributed by atoms with van der Waals surface area (Å²) < 4.78 is 6.13. The number of phenols is 1. The fraction of sp³-hybridized carbons (Fsp3) is 0.682. The van der Waals surface area contributed by atoms with Crippen LogP contribution in [0, 0.1) is 11.3 Å². The molecule has 2 heterocycles. The second-order valence-corrected chi connectivity index (χ2v) is 8.82. The Morgan fingerprint density at radius 1 is 1.17 bits per heavy atom. The topological polar surface area (TPSA) is 60.3 Å². The molecule has 5 rings (SSSR count). The first-order valence-electron chi connectivity index (χ1n) is 10.9. The van der Waals surface area contributed by atoms with Crippen LogP contribution in [0.1, 0.15) is 32.1 Å². The molecule has 0 radical (unpaired) electrons. The van der Waals surface area contributed by atoms with E-state index in [0.717, 1.165) is 44.4 Å². The number of ether oxygens (including phenoxy) is 1. The van der Waals surface area contributed by atoms with Crippen LogP contribution >= 0.6 is 24.0 Å². The Bertz CT molecular complexity index is 744. The molecule has 4 fully saturated rings. The van der Waals surface area contributed by atoms with Gasteiger partial charge in [0, 0.05) is 57.2 Å². The van der Waals surface area contributed by atoms with Crippen molar-refractivity contribution in [3.63, 3.8) is 0 Å². The summed E-state index contributed by atoms with van der Waals surface area (Å²) in [6, 6.07) is 8.13. The van der Waals surface area contributed by atoms with E-state index >= 15 is 0 Å². The van der Waals surface area contributed by atoms with Crippen LogP contribution in [0.5, 0.6) is 5.75 Å². The van der Waals surface area contributed by atoms with Gasteiger partial charge in [-0.1, -0.05) is 25.0 Å². The quantitative estimate of drug-likeness (QED) is 0.363. The maximum atomic E-state index is 10.1. The highest BCUT2D eigenvalue weighted by atomic mass is 127. The van der Waals surface area contributed by atoms with Gasteiger partial charge in [-0.05, 0) is 31.4 Å². The van der Waals surface area contributed by atoms with Crippen molar-refractivity contribution in [1.82, 2.24) is 10.2 Å². The summed E-state index contributed by atoms with van der Waals surface area (Å²) >= 11 is 0. The first-order valence-corrected chi connectivity index (χ1v) is 10.9. The number of hydrogen-bond donors (Lipinski definition) is 2. The van der Waals surface area contributed by atoms with E-state index in [1.54, 1.807) is 6.07 Å². The Kier molecular flexibility index (Phi) is 6.16. The third-order valence-corrected chi connectivity index (χ3v) is 7.58. The number of benzene rings is 1. The molecule has 2 aliphatic heterocycles.